The van der Waals surface area contributed by atoms with Crippen LogP contribution in [0.3, 0.4) is 0 Å². The van der Waals surface area contributed by atoms with Gasteiger partial charge in [-0.2, -0.15) is 0 Å². The Kier molecular flexibility index (Phi) is 2.90. The highest BCUT2D eigenvalue weighted by Crippen LogP contribution is 2.18. The van der Waals surface area contributed by atoms with Crippen LogP contribution in [0.1, 0.15) is 6.92 Å². The molecule has 2 aromatic rings. The Morgan fingerprint density at radius 3 is 3.00 bits per heavy atom. The van der Waals surface area contributed by atoms with Gasteiger partial charge in [-0.05, 0) is 0 Å². The summed E-state index contributed by atoms with van der Waals surface area (Å²) in [7, 11) is 1.79. The average molecular weight is 235 g/mol. The van der Waals surface area contributed by atoms with Crippen molar-refractivity contribution in [1.29, 1.82) is 0 Å². The predicted octanol–water partition coefficient (Wildman–Crippen LogP) is 0.510. The topological polar surface area (TPSA) is 95.0 Å². The van der Waals surface area contributed by atoms with E-state index in [2.05, 4.69) is 19.9 Å². The van der Waals surface area contributed by atoms with Crippen LogP contribution in [0.4, 0.5) is 5.82 Å². The summed E-state index contributed by atoms with van der Waals surface area (Å²) >= 11 is 0. The maximum absolute atomic E-state index is 10.8. The highest BCUT2D eigenvalue weighted by molar-refractivity contribution is 5.82. The molecule has 0 saturated heterocycles. The molecule has 0 radical (unpaired) electrons. The first-order valence-corrected chi connectivity index (χ1v) is 5.17. The van der Waals surface area contributed by atoms with E-state index in [1.807, 2.05) is 0 Å². The number of hydrogen-bond donors (Lipinski definition) is 2. The first-order chi connectivity index (χ1) is 8.09. The van der Waals surface area contributed by atoms with Crippen LogP contribution < -0.4 is 4.90 Å². The largest absolute Gasteiger partial charge is 0.481 e. The molecule has 0 saturated carbocycles. The highest BCUT2D eigenvalue weighted by Gasteiger charge is 2.17. The number of aromatic amines is 1. The lowest BCUT2D eigenvalue weighted by Gasteiger charge is -2.20. The second-order valence-electron chi connectivity index (χ2n) is 3.92. The number of fused-ring (bicyclic) bond motifs is 1. The molecular weight excluding hydrogens is 222 g/mol. The van der Waals surface area contributed by atoms with Gasteiger partial charge in [-0.15, -0.1) is 0 Å². The van der Waals surface area contributed by atoms with Crippen molar-refractivity contribution in [2.24, 2.45) is 5.92 Å². The van der Waals surface area contributed by atoms with Crippen molar-refractivity contribution in [3.05, 3.63) is 12.7 Å². The minimum absolute atomic E-state index is 0.375. The van der Waals surface area contributed by atoms with E-state index in [-0.39, 0.29) is 0 Å². The van der Waals surface area contributed by atoms with Crippen LogP contribution in [0, 0.1) is 5.92 Å². The SMILES string of the molecule is CC(CN(C)c1ncnc2nc[nH]c12)C(=O)O. The third-order valence-electron chi connectivity index (χ3n) is 2.53. The molecule has 0 aliphatic carbocycles. The van der Waals surface area contributed by atoms with Crippen LogP contribution >= 0.6 is 0 Å². The van der Waals surface area contributed by atoms with Gasteiger partial charge in [0.15, 0.2) is 11.5 Å². The normalized spacial score (nSPS) is 12.6. The van der Waals surface area contributed by atoms with Gasteiger partial charge in [-0.25, -0.2) is 15.0 Å². The summed E-state index contributed by atoms with van der Waals surface area (Å²) < 4.78 is 0. The minimum Gasteiger partial charge on any atom is -0.481 e. The molecule has 0 aliphatic heterocycles. The Hall–Kier alpha value is -2.18. The summed E-state index contributed by atoms with van der Waals surface area (Å²) in [5, 5.41) is 8.87. The Morgan fingerprint density at radius 2 is 2.29 bits per heavy atom. The van der Waals surface area contributed by atoms with Gasteiger partial charge in [0.2, 0.25) is 0 Å². The van der Waals surface area contributed by atoms with Gasteiger partial charge in [0.05, 0.1) is 12.2 Å². The van der Waals surface area contributed by atoms with E-state index in [9.17, 15) is 4.79 Å². The lowest BCUT2D eigenvalue weighted by atomic mass is 10.2. The minimum atomic E-state index is -0.827. The number of carboxylic acid groups (broad SMARTS) is 1. The van der Waals surface area contributed by atoms with Crippen LogP contribution in [0.25, 0.3) is 11.2 Å². The van der Waals surface area contributed by atoms with Crippen molar-refractivity contribution in [3.63, 3.8) is 0 Å². The molecule has 1 atom stereocenters. The number of nitrogens with zero attached hydrogens (tertiary/aromatic N) is 4. The molecular formula is C10H13N5O2. The fraction of sp³-hybridized carbons (Fsp3) is 0.400. The number of H-pyrrole nitrogens is 1. The molecule has 7 nitrogen and oxygen atoms in total. The maximum atomic E-state index is 10.8. The zero-order valence-corrected chi connectivity index (χ0v) is 9.58. The van der Waals surface area contributed by atoms with Crippen LogP contribution in [-0.2, 0) is 4.79 Å². The van der Waals surface area contributed by atoms with E-state index in [4.69, 9.17) is 5.11 Å². The zero-order valence-electron chi connectivity index (χ0n) is 9.58. The smallest absolute Gasteiger partial charge is 0.308 e. The molecule has 2 N–H and O–H groups in total. The van der Waals surface area contributed by atoms with E-state index >= 15 is 0 Å². The summed E-state index contributed by atoms with van der Waals surface area (Å²) in [6.45, 7) is 2.03. The van der Waals surface area contributed by atoms with Gasteiger partial charge in [0, 0.05) is 13.6 Å². The second kappa shape index (κ2) is 4.36. The molecule has 7 heteroatoms. The summed E-state index contributed by atoms with van der Waals surface area (Å²) in [6.07, 6.45) is 2.96. The van der Waals surface area contributed by atoms with Gasteiger partial charge in [-0.1, -0.05) is 6.92 Å². The van der Waals surface area contributed by atoms with Gasteiger partial charge < -0.3 is 15.0 Å². The summed E-state index contributed by atoms with van der Waals surface area (Å²) in [5.74, 6) is -0.639. The monoisotopic (exact) mass is 235 g/mol. The molecule has 17 heavy (non-hydrogen) atoms. The van der Waals surface area contributed by atoms with E-state index < -0.39 is 11.9 Å². The third kappa shape index (κ3) is 2.17. The van der Waals surface area contributed by atoms with Crippen LogP contribution in [-0.4, -0.2) is 44.6 Å². The number of carbonyl (C=O) groups is 1. The molecule has 0 aromatic carbocycles. The predicted molar refractivity (Wildman–Crippen MR) is 61.8 cm³/mol. The van der Waals surface area contributed by atoms with E-state index in [0.717, 1.165) is 0 Å². The van der Waals surface area contributed by atoms with Crippen LogP contribution in [0.5, 0.6) is 0 Å². The maximum Gasteiger partial charge on any atom is 0.308 e. The Morgan fingerprint density at radius 1 is 1.53 bits per heavy atom. The number of carboxylic acids is 1. The number of rotatable bonds is 4. The fourth-order valence-corrected chi connectivity index (χ4v) is 1.62. The van der Waals surface area contributed by atoms with Gasteiger partial charge in [0.1, 0.15) is 11.8 Å². The van der Waals surface area contributed by atoms with Crippen molar-refractivity contribution in [3.8, 4) is 0 Å². The highest BCUT2D eigenvalue weighted by atomic mass is 16.4. The summed E-state index contributed by atoms with van der Waals surface area (Å²) in [5.41, 5.74) is 1.29. The van der Waals surface area contributed by atoms with Crippen molar-refractivity contribution in [2.45, 2.75) is 6.92 Å². The zero-order chi connectivity index (χ0) is 12.4. The molecule has 0 fully saturated rings. The van der Waals surface area contributed by atoms with Crippen molar-refractivity contribution >= 4 is 23.0 Å². The molecule has 0 bridgehead atoms. The van der Waals surface area contributed by atoms with Crippen molar-refractivity contribution in [1.82, 2.24) is 19.9 Å². The number of nitrogens with one attached hydrogen (secondary N) is 1. The Bertz CT molecular complexity index is 538. The second-order valence-corrected chi connectivity index (χ2v) is 3.92. The van der Waals surface area contributed by atoms with Gasteiger partial charge in [-0.3, -0.25) is 4.79 Å². The Labute approximate surface area is 97.5 Å². The molecule has 0 amide bonds. The standard InChI is InChI=1S/C10H13N5O2/c1-6(10(16)17)3-15(2)9-7-8(12-4-11-7)13-5-14-9/h4-6H,3H2,1-2H3,(H,16,17)(H,11,12,13,14). The van der Waals surface area contributed by atoms with Crippen molar-refractivity contribution < 1.29 is 9.90 Å². The number of aromatic nitrogens is 4. The van der Waals surface area contributed by atoms with Gasteiger partial charge in [0.25, 0.3) is 0 Å². The summed E-state index contributed by atoms with van der Waals surface area (Å²) in [6, 6.07) is 0. The summed E-state index contributed by atoms with van der Waals surface area (Å²) in [4.78, 5) is 27.7. The molecule has 2 aromatic heterocycles. The molecule has 1 unspecified atom stereocenters. The number of imidazole rings is 1. The third-order valence-corrected chi connectivity index (χ3v) is 2.53. The lowest BCUT2D eigenvalue weighted by molar-refractivity contribution is -0.140. The van der Waals surface area contributed by atoms with E-state index in [1.165, 1.54) is 12.7 Å². The van der Waals surface area contributed by atoms with Crippen molar-refractivity contribution in [2.75, 3.05) is 18.5 Å². The first-order valence-electron chi connectivity index (χ1n) is 5.17. The molecule has 90 valence electrons. The number of aliphatic carboxylic acids is 1. The van der Waals surface area contributed by atoms with E-state index in [1.54, 1.807) is 18.9 Å². The quantitative estimate of drug-likeness (QED) is 0.801. The molecule has 0 spiro atoms. The first kappa shape index (κ1) is 11.3. The Balaban J connectivity index is 2.27. The fourth-order valence-electron chi connectivity index (χ4n) is 1.62. The van der Waals surface area contributed by atoms with Crippen LogP contribution in [0.15, 0.2) is 12.7 Å². The number of anilines is 1. The van der Waals surface area contributed by atoms with Gasteiger partial charge >= 0.3 is 5.97 Å². The molecule has 2 heterocycles. The lowest BCUT2D eigenvalue weighted by Crippen LogP contribution is -2.29. The number of hydrogen-bond acceptors (Lipinski definition) is 5. The molecule has 2 rings (SSSR count). The average Bonchev–Trinajstić information content (AvgIpc) is 2.76. The molecule has 0 aliphatic rings. The van der Waals surface area contributed by atoms with E-state index in [0.29, 0.717) is 23.5 Å². The van der Waals surface area contributed by atoms with Crippen LogP contribution in [0.2, 0.25) is 0 Å².